The van der Waals surface area contributed by atoms with E-state index in [9.17, 15) is 26.7 Å². The number of hydrogen-bond acceptors (Lipinski definition) is 6. The predicted octanol–water partition coefficient (Wildman–Crippen LogP) is 8.77. The van der Waals surface area contributed by atoms with Crippen LogP contribution >= 0.6 is 0 Å². The zero-order chi connectivity index (χ0) is 34.3. The number of ether oxygens (including phenoxy) is 3. The molecule has 0 radical (unpaired) electrons. The van der Waals surface area contributed by atoms with Crippen LogP contribution in [0.1, 0.15) is 75.8 Å². The molecule has 3 atom stereocenters. The highest BCUT2D eigenvalue weighted by molar-refractivity contribution is 7.93. The summed E-state index contributed by atoms with van der Waals surface area (Å²) in [4.78, 5) is 0. The van der Waals surface area contributed by atoms with Gasteiger partial charge in [-0.05, 0) is 83.6 Å². The summed E-state index contributed by atoms with van der Waals surface area (Å²) in [5.74, 6) is 1.14. The molecule has 3 aromatic rings. The highest BCUT2D eigenvalue weighted by Crippen LogP contribution is 2.51. The number of sulfonamides is 1. The van der Waals surface area contributed by atoms with E-state index >= 15 is 0 Å². The van der Waals surface area contributed by atoms with Gasteiger partial charge in [0.05, 0.1) is 25.5 Å². The van der Waals surface area contributed by atoms with Crippen molar-refractivity contribution in [2.24, 2.45) is 0 Å². The number of aromatic hydroxyl groups is 1. The molecule has 2 bridgehead atoms. The van der Waals surface area contributed by atoms with Gasteiger partial charge in [-0.15, -0.1) is 0 Å². The van der Waals surface area contributed by atoms with Gasteiger partial charge in [-0.1, -0.05) is 76.1 Å². The molecule has 0 aromatic heterocycles. The number of rotatable bonds is 17. The van der Waals surface area contributed by atoms with E-state index in [0.29, 0.717) is 27.8 Å². The fraction of sp³-hybridized carbons (Fsp3) is 0.459. The predicted molar refractivity (Wildman–Crippen MR) is 182 cm³/mol. The lowest BCUT2D eigenvalue weighted by atomic mass is 9.83. The van der Waals surface area contributed by atoms with Crippen LogP contribution in [0.5, 0.6) is 17.2 Å². The number of phenols is 1. The Balaban J connectivity index is 1.37. The van der Waals surface area contributed by atoms with Gasteiger partial charge in [0.25, 0.3) is 0 Å². The van der Waals surface area contributed by atoms with Gasteiger partial charge < -0.3 is 19.3 Å². The van der Waals surface area contributed by atoms with Gasteiger partial charge in [0.15, 0.2) is 0 Å². The zero-order valence-electron chi connectivity index (χ0n) is 27.4. The molecule has 1 N–H and O–H groups in total. The monoisotopic (exact) mass is 687 g/mol. The summed E-state index contributed by atoms with van der Waals surface area (Å²) in [5, 5.41) is 8.68. The first kappa shape index (κ1) is 35.6. The van der Waals surface area contributed by atoms with Gasteiger partial charge in [0.1, 0.15) is 35.1 Å². The van der Waals surface area contributed by atoms with Gasteiger partial charge in [-0.25, -0.2) is 8.42 Å². The van der Waals surface area contributed by atoms with Crippen molar-refractivity contribution in [3.8, 4) is 17.2 Å². The molecule has 2 aliphatic rings. The number of fused-ring (bicyclic) bond motifs is 2. The molecule has 1 fully saturated rings. The van der Waals surface area contributed by atoms with E-state index in [4.69, 9.17) is 14.2 Å². The van der Waals surface area contributed by atoms with E-state index in [1.165, 1.54) is 82.0 Å². The lowest BCUT2D eigenvalue weighted by molar-refractivity contribution is -0.117. The van der Waals surface area contributed by atoms with Crippen molar-refractivity contribution in [3.05, 3.63) is 83.9 Å². The average Bonchev–Trinajstić information content (AvgIpc) is 3.67. The SMILES string of the molecule is CCCCCCCCCCOc1ccc(C2=C(c3ccc(O)cc3)[C@H]3O[C@@H]2C[C@@H]3S(=O)(=O)N(CC(F)(F)F)c2ccc(OC)cc2)cc1. The van der Waals surface area contributed by atoms with Crippen molar-refractivity contribution in [2.75, 3.05) is 24.6 Å². The van der Waals surface area contributed by atoms with Crippen molar-refractivity contribution in [1.29, 1.82) is 0 Å². The first-order valence-electron chi connectivity index (χ1n) is 16.7. The van der Waals surface area contributed by atoms with E-state index in [0.717, 1.165) is 29.7 Å². The Bertz CT molecular complexity index is 1620. The van der Waals surface area contributed by atoms with Crippen LogP contribution in [0, 0.1) is 0 Å². The van der Waals surface area contributed by atoms with Crippen LogP contribution in [-0.2, 0) is 14.8 Å². The van der Waals surface area contributed by atoms with E-state index in [1.54, 1.807) is 12.1 Å². The summed E-state index contributed by atoms with van der Waals surface area (Å²) in [6, 6.07) is 19.3. The van der Waals surface area contributed by atoms with Crippen molar-refractivity contribution in [1.82, 2.24) is 0 Å². The molecule has 0 amide bonds. The maximum absolute atomic E-state index is 14.1. The second-order valence-electron chi connectivity index (χ2n) is 12.4. The van der Waals surface area contributed by atoms with E-state index < -0.39 is 40.2 Å². The van der Waals surface area contributed by atoms with Crippen LogP contribution in [-0.4, -0.2) is 57.4 Å². The number of methoxy groups -OCH3 is 1. The van der Waals surface area contributed by atoms with Gasteiger partial charge >= 0.3 is 6.18 Å². The number of benzene rings is 3. The first-order chi connectivity index (χ1) is 23.0. The molecule has 2 aliphatic heterocycles. The molecule has 1 saturated heterocycles. The Morgan fingerprint density at radius 2 is 1.38 bits per heavy atom. The second-order valence-corrected chi connectivity index (χ2v) is 14.5. The number of anilines is 1. The van der Waals surface area contributed by atoms with Crippen LogP contribution in [0.25, 0.3) is 11.1 Å². The van der Waals surface area contributed by atoms with E-state index in [1.807, 2.05) is 24.3 Å². The molecule has 260 valence electrons. The van der Waals surface area contributed by atoms with E-state index in [2.05, 4.69) is 6.92 Å². The summed E-state index contributed by atoms with van der Waals surface area (Å²) < 4.78 is 87.5. The topological polar surface area (TPSA) is 85.3 Å². The third-order valence-electron chi connectivity index (χ3n) is 8.97. The van der Waals surface area contributed by atoms with Crippen LogP contribution in [0.2, 0.25) is 0 Å². The molecule has 3 aromatic carbocycles. The maximum Gasteiger partial charge on any atom is 0.407 e. The van der Waals surface area contributed by atoms with E-state index in [-0.39, 0.29) is 17.9 Å². The number of phenolic OH excluding ortho intramolecular Hbond substituents is 1. The lowest BCUT2D eigenvalue weighted by Crippen LogP contribution is -2.47. The minimum absolute atomic E-state index is 0.00880. The third-order valence-corrected chi connectivity index (χ3v) is 11.1. The van der Waals surface area contributed by atoms with Crippen molar-refractivity contribution < 1.29 is 40.9 Å². The Labute approximate surface area is 281 Å². The minimum atomic E-state index is -4.79. The fourth-order valence-corrected chi connectivity index (χ4v) is 8.56. The molecule has 48 heavy (non-hydrogen) atoms. The largest absolute Gasteiger partial charge is 0.508 e. The minimum Gasteiger partial charge on any atom is -0.508 e. The molecule has 2 heterocycles. The molecular formula is C37H44F3NO6S. The normalized spacial score (nSPS) is 19.1. The summed E-state index contributed by atoms with van der Waals surface area (Å²) in [6.07, 6.45) is 3.19. The van der Waals surface area contributed by atoms with Gasteiger partial charge in [-0.2, -0.15) is 13.2 Å². The number of alkyl halides is 3. The zero-order valence-corrected chi connectivity index (χ0v) is 28.2. The third kappa shape index (κ3) is 8.47. The maximum atomic E-state index is 14.1. The lowest BCUT2D eigenvalue weighted by Gasteiger charge is -2.32. The molecule has 0 aliphatic carbocycles. The number of unbranched alkanes of at least 4 members (excludes halogenated alkanes) is 7. The quantitative estimate of drug-likeness (QED) is 0.143. The molecular weight excluding hydrogens is 643 g/mol. The highest BCUT2D eigenvalue weighted by atomic mass is 32.2. The number of halogens is 3. The van der Waals surface area contributed by atoms with Gasteiger partial charge in [-0.3, -0.25) is 4.31 Å². The first-order valence-corrected chi connectivity index (χ1v) is 18.2. The molecule has 11 heteroatoms. The Morgan fingerprint density at radius 3 is 1.98 bits per heavy atom. The van der Waals surface area contributed by atoms with Crippen LogP contribution < -0.4 is 13.8 Å². The second kappa shape index (κ2) is 15.7. The Morgan fingerprint density at radius 1 is 0.812 bits per heavy atom. The van der Waals surface area contributed by atoms with Crippen molar-refractivity contribution in [3.63, 3.8) is 0 Å². The number of nitrogens with zero attached hydrogens (tertiary/aromatic N) is 1. The Kier molecular flexibility index (Phi) is 11.6. The summed E-state index contributed by atoms with van der Waals surface area (Å²) in [6.45, 7) is 1.15. The van der Waals surface area contributed by atoms with Crippen molar-refractivity contribution in [2.45, 2.75) is 88.3 Å². The standard InChI is InChI=1S/C37H44F3NO6S/c1-3-4-5-6-7-8-9-10-23-46-31-19-13-26(14-20-31)34-32-24-33(36(47-32)35(34)27-11-17-29(42)18-12-27)48(43,44)41(25-37(38,39)40)28-15-21-30(45-2)22-16-28/h11-22,32-33,36,42H,3-10,23-25H2,1-2H3/t32-,33+,36+/m1/s1. The van der Waals surface area contributed by atoms with Gasteiger partial charge in [0.2, 0.25) is 10.0 Å². The van der Waals surface area contributed by atoms with Crippen LogP contribution in [0.4, 0.5) is 18.9 Å². The summed E-state index contributed by atoms with van der Waals surface area (Å²) >= 11 is 0. The highest BCUT2D eigenvalue weighted by Gasteiger charge is 2.55. The van der Waals surface area contributed by atoms with Gasteiger partial charge in [0, 0.05) is 0 Å². The average molecular weight is 688 g/mol. The summed E-state index contributed by atoms with van der Waals surface area (Å²) in [7, 11) is -3.16. The Hall–Kier alpha value is -3.70. The smallest absolute Gasteiger partial charge is 0.407 e. The molecule has 5 rings (SSSR count). The van der Waals surface area contributed by atoms with Crippen molar-refractivity contribution >= 4 is 26.9 Å². The molecule has 7 nitrogen and oxygen atoms in total. The fourth-order valence-electron chi connectivity index (χ4n) is 6.56. The summed E-state index contributed by atoms with van der Waals surface area (Å²) in [5.41, 5.74) is 2.67. The molecule has 0 spiro atoms. The molecule has 0 saturated carbocycles. The van der Waals surface area contributed by atoms with Crippen LogP contribution in [0.3, 0.4) is 0 Å². The van der Waals surface area contributed by atoms with Crippen LogP contribution in [0.15, 0.2) is 72.8 Å². The molecule has 0 unspecified atom stereocenters. The number of hydrogen-bond donors (Lipinski definition) is 1.